The normalized spacial score (nSPS) is 14.3. The molecule has 2 heterocycles. The lowest BCUT2D eigenvalue weighted by molar-refractivity contribution is -0.384. The molecule has 3 rings (SSSR count). The Morgan fingerprint density at radius 2 is 2.13 bits per heavy atom. The number of urea groups is 1. The zero-order valence-electron chi connectivity index (χ0n) is 16.0. The minimum absolute atomic E-state index is 0.0869. The van der Waals surface area contributed by atoms with Crippen LogP contribution < -0.4 is 10.1 Å². The zero-order valence-corrected chi connectivity index (χ0v) is 16.0. The number of rotatable bonds is 7. The van der Waals surface area contributed by atoms with Crippen molar-refractivity contribution in [1.29, 1.82) is 5.26 Å². The van der Waals surface area contributed by atoms with E-state index in [1.54, 1.807) is 6.07 Å². The van der Waals surface area contributed by atoms with Gasteiger partial charge in [-0.25, -0.2) is 9.59 Å². The number of hydrogen-bond acceptors (Lipinski definition) is 9. The van der Waals surface area contributed by atoms with Gasteiger partial charge in [-0.15, -0.1) is 0 Å². The highest BCUT2D eigenvalue weighted by atomic mass is 16.6. The Kier molecular flexibility index (Phi) is 5.97. The van der Waals surface area contributed by atoms with Crippen LogP contribution in [0.2, 0.25) is 0 Å². The summed E-state index contributed by atoms with van der Waals surface area (Å²) in [5.41, 5.74) is -0.302. The van der Waals surface area contributed by atoms with Crippen molar-refractivity contribution in [3.8, 4) is 11.8 Å². The highest BCUT2D eigenvalue weighted by Crippen LogP contribution is 2.28. The van der Waals surface area contributed by atoms with Crippen molar-refractivity contribution in [3.05, 3.63) is 63.2 Å². The first kappa shape index (κ1) is 21.1. The maximum absolute atomic E-state index is 12.7. The van der Waals surface area contributed by atoms with E-state index in [4.69, 9.17) is 14.4 Å². The molecule has 31 heavy (non-hydrogen) atoms. The first-order chi connectivity index (χ1) is 14.8. The van der Waals surface area contributed by atoms with Gasteiger partial charge in [0.15, 0.2) is 6.61 Å². The molecule has 1 saturated heterocycles. The number of methoxy groups -OCH3 is 1. The Balaban J connectivity index is 1.86. The number of non-ortho nitro benzene ring substituents is 1. The van der Waals surface area contributed by atoms with Gasteiger partial charge in [0, 0.05) is 17.7 Å². The van der Waals surface area contributed by atoms with Crippen LogP contribution in [-0.4, -0.2) is 41.4 Å². The summed E-state index contributed by atoms with van der Waals surface area (Å²) < 4.78 is 15.0. The third kappa shape index (κ3) is 4.51. The Bertz CT molecular complexity index is 1140. The summed E-state index contributed by atoms with van der Waals surface area (Å²) in [7, 11) is 1.18. The molecule has 0 aliphatic carbocycles. The third-order valence-electron chi connectivity index (χ3n) is 4.12. The van der Waals surface area contributed by atoms with Crippen molar-refractivity contribution in [2.75, 3.05) is 13.7 Å². The van der Waals surface area contributed by atoms with Gasteiger partial charge in [0.1, 0.15) is 23.3 Å². The first-order valence-corrected chi connectivity index (χ1v) is 8.63. The Morgan fingerprint density at radius 3 is 2.81 bits per heavy atom. The lowest BCUT2D eigenvalue weighted by Crippen LogP contribution is -2.30. The molecule has 1 fully saturated rings. The number of nitrogens with one attached hydrogen (secondary N) is 1. The average molecular weight is 426 g/mol. The fraction of sp³-hybridized carbons (Fsp3) is 0.158. The van der Waals surface area contributed by atoms with Gasteiger partial charge < -0.3 is 19.2 Å². The lowest BCUT2D eigenvalue weighted by Gasteiger charge is -2.09. The molecule has 12 heteroatoms. The molecule has 1 N–H and O–H groups in total. The number of furan rings is 1. The molecule has 0 radical (unpaired) electrons. The second kappa shape index (κ2) is 8.78. The number of hydrogen-bond donors (Lipinski definition) is 1. The van der Waals surface area contributed by atoms with Crippen LogP contribution in [0.15, 0.2) is 40.4 Å². The SMILES string of the molecule is COC(=O)c1ccc(CN2C(=O)NC(=Cc3cc([N+](=O)[O-])ccc3OCC#N)C2=O)o1. The van der Waals surface area contributed by atoms with E-state index in [1.807, 2.05) is 0 Å². The molecule has 0 saturated carbocycles. The van der Waals surface area contributed by atoms with Gasteiger partial charge in [-0.1, -0.05) is 0 Å². The smallest absolute Gasteiger partial charge is 0.373 e. The summed E-state index contributed by atoms with van der Waals surface area (Å²) in [6.45, 7) is -0.576. The topological polar surface area (TPSA) is 165 Å². The number of nitro benzene ring substituents is 1. The molecule has 3 amide bonds. The number of carbonyl (C=O) groups is 3. The van der Waals surface area contributed by atoms with E-state index in [0.717, 1.165) is 11.0 Å². The molecule has 12 nitrogen and oxygen atoms in total. The predicted molar refractivity (Wildman–Crippen MR) is 101 cm³/mol. The number of benzene rings is 1. The molecule has 1 aromatic carbocycles. The third-order valence-corrected chi connectivity index (χ3v) is 4.12. The highest BCUT2D eigenvalue weighted by molar-refractivity contribution is 6.14. The molecule has 0 unspecified atom stereocenters. The number of nitriles is 1. The van der Waals surface area contributed by atoms with Crippen LogP contribution in [0.5, 0.6) is 5.75 Å². The van der Waals surface area contributed by atoms with E-state index in [0.29, 0.717) is 0 Å². The van der Waals surface area contributed by atoms with E-state index in [9.17, 15) is 24.5 Å². The molecule has 2 aromatic rings. The van der Waals surface area contributed by atoms with Gasteiger partial charge in [0.25, 0.3) is 11.6 Å². The number of nitro groups is 1. The van der Waals surface area contributed by atoms with Gasteiger partial charge in [-0.3, -0.25) is 19.8 Å². The van der Waals surface area contributed by atoms with Crippen LogP contribution in [0.1, 0.15) is 21.9 Å². The van der Waals surface area contributed by atoms with Crippen LogP contribution in [0.25, 0.3) is 6.08 Å². The summed E-state index contributed by atoms with van der Waals surface area (Å²) in [6, 6.07) is 7.41. The highest BCUT2D eigenvalue weighted by Gasteiger charge is 2.34. The molecule has 0 atom stereocenters. The number of amides is 3. The number of imide groups is 1. The van der Waals surface area contributed by atoms with Gasteiger partial charge >= 0.3 is 12.0 Å². The number of esters is 1. The van der Waals surface area contributed by atoms with Gasteiger partial charge in [-0.05, 0) is 24.3 Å². The summed E-state index contributed by atoms with van der Waals surface area (Å²) in [6.07, 6.45) is 1.21. The summed E-state index contributed by atoms with van der Waals surface area (Å²) >= 11 is 0. The quantitative estimate of drug-likeness (QED) is 0.229. The minimum Gasteiger partial charge on any atom is -0.478 e. The van der Waals surface area contributed by atoms with Crippen LogP contribution in [0.4, 0.5) is 10.5 Å². The molecule has 0 bridgehead atoms. The number of carbonyl (C=O) groups excluding carboxylic acids is 3. The molecule has 0 spiro atoms. The Labute approximate surface area is 174 Å². The van der Waals surface area contributed by atoms with Crippen molar-refractivity contribution >= 4 is 29.7 Å². The molecule has 1 aromatic heterocycles. The fourth-order valence-corrected chi connectivity index (χ4v) is 2.70. The molecular formula is C19H14N4O8. The molecular weight excluding hydrogens is 412 g/mol. The zero-order chi connectivity index (χ0) is 22.5. The lowest BCUT2D eigenvalue weighted by atomic mass is 10.1. The summed E-state index contributed by atoms with van der Waals surface area (Å²) in [4.78, 5) is 47.7. The molecule has 1 aliphatic rings. The minimum atomic E-state index is -0.753. The van der Waals surface area contributed by atoms with Crippen LogP contribution in [0, 0.1) is 21.4 Å². The van der Waals surface area contributed by atoms with Crippen molar-refractivity contribution in [2.24, 2.45) is 0 Å². The summed E-state index contributed by atoms with van der Waals surface area (Å²) in [5.74, 6) is -1.23. The largest absolute Gasteiger partial charge is 0.478 e. The van der Waals surface area contributed by atoms with Crippen molar-refractivity contribution in [2.45, 2.75) is 6.54 Å². The Hall–Kier alpha value is -4.66. The van der Waals surface area contributed by atoms with Crippen LogP contribution in [0.3, 0.4) is 0 Å². The van der Waals surface area contributed by atoms with E-state index in [1.165, 1.54) is 37.5 Å². The van der Waals surface area contributed by atoms with Gasteiger partial charge in [0.2, 0.25) is 5.76 Å². The average Bonchev–Trinajstić information content (AvgIpc) is 3.32. The molecule has 158 valence electrons. The van der Waals surface area contributed by atoms with Crippen molar-refractivity contribution in [1.82, 2.24) is 10.2 Å². The van der Waals surface area contributed by atoms with Gasteiger partial charge in [0.05, 0.1) is 18.6 Å². The van der Waals surface area contributed by atoms with Crippen LogP contribution >= 0.6 is 0 Å². The van der Waals surface area contributed by atoms with E-state index in [2.05, 4.69) is 10.1 Å². The Morgan fingerprint density at radius 1 is 1.35 bits per heavy atom. The van der Waals surface area contributed by atoms with E-state index >= 15 is 0 Å². The maximum atomic E-state index is 12.7. The second-order valence-electron chi connectivity index (χ2n) is 6.06. The van der Waals surface area contributed by atoms with Crippen molar-refractivity contribution < 1.29 is 33.2 Å². The predicted octanol–water partition coefficient (Wildman–Crippen LogP) is 1.97. The van der Waals surface area contributed by atoms with E-state index in [-0.39, 0.29) is 47.4 Å². The summed E-state index contributed by atoms with van der Waals surface area (Å²) in [5, 5.41) is 22.1. The standard InChI is InChI=1S/C19H14N4O8/c1-29-18(25)16-5-3-13(31-16)10-22-17(24)14(21-19(22)26)9-11-8-12(23(27)28)2-4-15(11)30-7-6-20/h2-5,8-9H,7,10H2,1H3,(H,21,26). The second-order valence-corrected chi connectivity index (χ2v) is 6.06. The molecule has 1 aliphatic heterocycles. The van der Waals surface area contributed by atoms with Crippen LogP contribution in [-0.2, 0) is 16.1 Å². The fourth-order valence-electron chi connectivity index (χ4n) is 2.70. The number of ether oxygens (including phenoxy) is 2. The monoisotopic (exact) mass is 426 g/mol. The van der Waals surface area contributed by atoms with Crippen molar-refractivity contribution in [3.63, 3.8) is 0 Å². The van der Waals surface area contributed by atoms with E-state index < -0.39 is 22.8 Å². The van der Waals surface area contributed by atoms with Gasteiger partial charge in [-0.2, -0.15) is 5.26 Å². The first-order valence-electron chi connectivity index (χ1n) is 8.63. The maximum Gasteiger partial charge on any atom is 0.373 e. The number of nitrogens with zero attached hydrogens (tertiary/aromatic N) is 3.